The Hall–Kier alpha value is -1.25. The predicted molar refractivity (Wildman–Crippen MR) is 78.4 cm³/mol. The third kappa shape index (κ3) is 6.78. The second-order valence-corrected chi connectivity index (χ2v) is 6.85. The molecule has 1 aromatic carbocycles. The van der Waals surface area contributed by atoms with E-state index >= 15 is 0 Å². The summed E-state index contributed by atoms with van der Waals surface area (Å²) in [6, 6.07) is 4.05. The third-order valence-electron chi connectivity index (χ3n) is 2.30. The summed E-state index contributed by atoms with van der Waals surface area (Å²) < 4.78 is 40.6. The van der Waals surface area contributed by atoms with Gasteiger partial charge in [0, 0.05) is 18.6 Å². The summed E-state index contributed by atoms with van der Waals surface area (Å²) in [4.78, 5) is 0. The van der Waals surface area contributed by atoms with Crippen molar-refractivity contribution in [3.8, 4) is 17.6 Å². The fourth-order valence-corrected chi connectivity index (χ4v) is 2.17. The summed E-state index contributed by atoms with van der Waals surface area (Å²) >= 11 is 5.52. The lowest BCUT2D eigenvalue weighted by atomic mass is 10.2. The van der Waals surface area contributed by atoms with Crippen LogP contribution < -0.4 is 4.74 Å². The van der Waals surface area contributed by atoms with Crippen molar-refractivity contribution >= 4 is 21.4 Å². The molecule has 0 bridgehead atoms. The monoisotopic (exact) mass is 318 g/mol. The maximum atomic E-state index is 13.2. The van der Waals surface area contributed by atoms with Crippen molar-refractivity contribution in [2.75, 3.05) is 24.5 Å². The minimum atomic E-state index is -3.00. The Morgan fingerprint density at radius 3 is 2.80 bits per heavy atom. The average Bonchev–Trinajstić information content (AvgIpc) is 2.36. The van der Waals surface area contributed by atoms with Gasteiger partial charge >= 0.3 is 0 Å². The Bertz CT molecular complexity index is 603. The molecular weight excluding hydrogens is 303 g/mol. The highest BCUT2D eigenvalue weighted by molar-refractivity contribution is 7.90. The summed E-state index contributed by atoms with van der Waals surface area (Å²) in [7, 11) is -3.00. The highest BCUT2D eigenvalue weighted by atomic mass is 35.5. The lowest BCUT2D eigenvalue weighted by molar-refractivity contribution is 0.316. The van der Waals surface area contributed by atoms with E-state index in [0.717, 1.165) is 0 Å². The molecule has 110 valence electrons. The largest absolute Gasteiger partial charge is 0.492 e. The number of alkyl halides is 1. The molecule has 0 saturated carbocycles. The second-order valence-electron chi connectivity index (χ2n) is 4.21. The van der Waals surface area contributed by atoms with Gasteiger partial charge in [-0.1, -0.05) is 11.8 Å². The molecule has 0 unspecified atom stereocenters. The number of ether oxygens (including phenoxy) is 1. The second kappa shape index (κ2) is 8.13. The molecule has 0 aliphatic heterocycles. The fourth-order valence-electron chi connectivity index (χ4n) is 1.43. The molecule has 1 aromatic rings. The van der Waals surface area contributed by atoms with Crippen LogP contribution in [0.2, 0.25) is 0 Å². The van der Waals surface area contributed by atoms with Crippen LogP contribution in [0.25, 0.3) is 0 Å². The zero-order valence-corrected chi connectivity index (χ0v) is 12.7. The number of rotatable bonds is 6. The summed E-state index contributed by atoms with van der Waals surface area (Å²) in [6.07, 6.45) is 2.06. The van der Waals surface area contributed by atoms with E-state index in [2.05, 4.69) is 11.8 Å². The van der Waals surface area contributed by atoms with Crippen LogP contribution in [0.3, 0.4) is 0 Å². The van der Waals surface area contributed by atoms with Crippen LogP contribution in [-0.4, -0.2) is 32.9 Å². The van der Waals surface area contributed by atoms with Gasteiger partial charge in [-0.3, -0.25) is 0 Å². The molecule has 0 saturated heterocycles. The van der Waals surface area contributed by atoms with Crippen molar-refractivity contribution in [2.24, 2.45) is 0 Å². The van der Waals surface area contributed by atoms with Crippen molar-refractivity contribution in [3.05, 3.63) is 29.6 Å². The number of hydrogen-bond donors (Lipinski definition) is 0. The fraction of sp³-hybridized carbons (Fsp3) is 0.429. The van der Waals surface area contributed by atoms with E-state index in [1.54, 1.807) is 0 Å². The van der Waals surface area contributed by atoms with Crippen LogP contribution in [0.1, 0.15) is 18.4 Å². The van der Waals surface area contributed by atoms with Gasteiger partial charge in [0.25, 0.3) is 0 Å². The highest BCUT2D eigenvalue weighted by Crippen LogP contribution is 2.19. The summed E-state index contributed by atoms with van der Waals surface area (Å²) in [5, 5.41) is 0. The molecule has 0 aliphatic carbocycles. The quantitative estimate of drug-likeness (QED) is 0.460. The summed E-state index contributed by atoms with van der Waals surface area (Å²) in [5.74, 6) is 6.12. The van der Waals surface area contributed by atoms with Crippen LogP contribution in [0.15, 0.2) is 18.2 Å². The topological polar surface area (TPSA) is 43.4 Å². The minimum Gasteiger partial charge on any atom is -0.492 e. The molecule has 0 atom stereocenters. The smallest absolute Gasteiger partial charge is 0.147 e. The van der Waals surface area contributed by atoms with Crippen molar-refractivity contribution in [2.45, 2.75) is 12.8 Å². The highest BCUT2D eigenvalue weighted by Gasteiger charge is 2.05. The maximum Gasteiger partial charge on any atom is 0.147 e. The van der Waals surface area contributed by atoms with Gasteiger partial charge in [0.15, 0.2) is 0 Å². The summed E-state index contributed by atoms with van der Waals surface area (Å²) in [5.41, 5.74) is 0.439. The van der Waals surface area contributed by atoms with E-state index < -0.39 is 15.7 Å². The molecule has 20 heavy (non-hydrogen) atoms. The van der Waals surface area contributed by atoms with E-state index in [9.17, 15) is 12.8 Å². The van der Waals surface area contributed by atoms with E-state index in [0.29, 0.717) is 30.0 Å². The number of benzene rings is 1. The lowest BCUT2D eigenvalue weighted by Crippen LogP contribution is -2.08. The average molecular weight is 319 g/mol. The van der Waals surface area contributed by atoms with Crippen molar-refractivity contribution < 1.29 is 17.5 Å². The Kier molecular flexibility index (Phi) is 6.83. The van der Waals surface area contributed by atoms with Gasteiger partial charge < -0.3 is 4.74 Å². The maximum absolute atomic E-state index is 13.2. The van der Waals surface area contributed by atoms with Gasteiger partial charge in [-0.15, -0.1) is 11.6 Å². The molecule has 3 nitrogen and oxygen atoms in total. The molecule has 0 aromatic heterocycles. The molecule has 0 radical (unpaired) electrons. The first-order valence-corrected chi connectivity index (χ1v) is 8.67. The number of hydrogen-bond acceptors (Lipinski definition) is 3. The lowest BCUT2D eigenvalue weighted by Gasteiger charge is -2.08. The Labute approximate surface area is 124 Å². The van der Waals surface area contributed by atoms with Crippen molar-refractivity contribution in [3.63, 3.8) is 0 Å². The molecule has 6 heteroatoms. The first-order valence-electron chi connectivity index (χ1n) is 6.07. The summed E-state index contributed by atoms with van der Waals surface area (Å²) in [6.45, 7) is 0.239. The van der Waals surface area contributed by atoms with Crippen LogP contribution >= 0.6 is 11.6 Å². The normalized spacial score (nSPS) is 10.8. The molecular formula is C14H16ClFO3S. The molecule has 0 heterocycles. The van der Waals surface area contributed by atoms with E-state index in [1.807, 2.05) is 0 Å². The van der Waals surface area contributed by atoms with E-state index in [1.165, 1.54) is 24.5 Å². The Morgan fingerprint density at radius 2 is 2.15 bits per heavy atom. The molecule has 1 rings (SSSR count). The first kappa shape index (κ1) is 16.8. The van der Waals surface area contributed by atoms with Crippen molar-refractivity contribution in [1.82, 2.24) is 0 Å². The minimum absolute atomic E-state index is 0.0570. The standard InChI is InChI=1S/C14H16ClFO3S/c1-20(17,18)10-4-9-19-14-7-6-13(16)11-12(14)5-2-3-8-15/h6-7,11H,3-4,8-10H2,1H3. The van der Waals surface area contributed by atoms with Gasteiger partial charge in [-0.25, -0.2) is 12.8 Å². The predicted octanol–water partition coefficient (Wildman–Crippen LogP) is 2.62. The van der Waals surface area contributed by atoms with E-state index in [-0.39, 0.29) is 12.4 Å². The van der Waals surface area contributed by atoms with Gasteiger partial charge in [0.05, 0.1) is 17.9 Å². The van der Waals surface area contributed by atoms with Crippen LogP contribution in [-0.2, 0) is 9.84 Å². The van der Waals surface area contributed by atoms with Gasteiger partial charge in [0.1, 0.15) is 21.4 Å². The van der Waals surface area contributed by atoms with Crippen LogP contribution in [0.5, 0.6) is 5.75 Å². The molecule has 0 aliphatic rings. The van der Waals surface area contributed by atoms with E-state index in [4.69, 9.17) is 16.3 Å². The van der Waals surface area contributed by atoms with Crippen molar-refractivity contribution in [1.29, 1.82) is 0 Å². The molecule has 0 fully saturated rings. The Morgan fingerprint density at radius 1 is 1.40 bits per heavy atom. The third-order valence-corrected chi connectivity index (χ3v) is 3.52. The first-order chi connectivity index (χ1) is 9.42. The zero-order chi connectivity index (χ0) is 15.0. The molecule has 0 spiro atoms. The van der Waals surface area contributed by atoms with Crippen LogP contribution in [0, 0.1) is 17.7 Å². The molecule has 0 amide bonds. The van der Waals surface area contributed by atoms with Crippen LogP contribution in [0.4, 0.5) is 4.39 Å². The SMILES string of the molecule is CS(=O)(=O)CCCOc1ccc(F)cc1C#CCCCl. The van der Waals surface area contributed by atoms with Gasteiger partial charge in [-0.05, 0) is 24.6 Å². The number of halogens is 2. The van der Waals surface area contributed by atoms with Gasteiger partial charge in [0.2, 0.25) is 0 Å². The van der Waals surface area contributed by atoms with Gasteiger partial charge in [-0.2, -0.15) is 0 Å². The Balaban J connectivity index is 2.67. The molecule has 0 N–H and O–H groups in total. The number of sulfone groups is 1. The zero-order valence-electron chi connectivity index (χ0n) is 11.2.